The van der Waals surface area contributed by atoms with Crippen molar-refractivity contribution in [1.82, 2.24) is 19.5 Å². The Kier molecular flexibility index (Phi) is 4.71. The van der Waals surface area contributed by atoms with Gasteiger partial charge in [-0.05, 0) is 26.7 Å². The standard InChI is InChI=1S/C15H23N5/c1-5-14-11-15(18-12(2)17-14)19(4)8-6-9-20-10-7-16-13(20)3/h7,10-11H,5-6,8-9H2,1-4H3. The van der Waals surface area contributed by atoms with E-state index >= 15 is 0 Å². The van der Waals surface area contributed by atoms with Crippen LogP contribution in [0.4, 0.5) is 5.82 Å². The van der Waals surface area contributed by atoms with E-state index in [-0.39, 0.29) is 0 Å². The molecule has 0 fully saturated rings. The number of hydrogen-bond donors (Lipinski definition) is 0. The lowest BCUT2D eigenvalue weighted by atomic mass is 10.3. The molecule has 0 saturated carbocycles. The topological polar surface area (TPSA) is 46.8 Å². The second kappa shape index (κ2) is 6.50. The van der Waals surface area contributed by atoms with Crippen LogP contribution in [0.3, 0.4) is 0 Å². The summed E-state index contributed by atoms with van der Waals surface area (Å²) in [5.74, 6) is 2.92. The van der Waals surface area contributed by atoms with E-state index in [1.165, 1.54) is 0 Å². The summed E-state index contributed by atoms with van der Waals surface area (Å²) in [5.41, 5.74) is 1.10. The summed E-state index contributed by atoms with van der Waals surface area (Å²) < 4.78 is 2.18. The highest BCUT2D eigenvalue weighted by molar-refractivity contribution is 5.38. The predicted molar refractivity (Wildman–Crippen MR) is 81.0 cm³/mol. The van der Waals surface area contributed by atoms with Crippen LogP contribution < -0.4 is 4.90 Å². The molecule has 0 radical (unpaired) electrons. The van der Waals surface area contributed by atoms with Gasteiger partial charge in [0.2, 0.25) is 0 Å². The van der Waals surface area contributed by atoms with Crippen molar-refractivity contribution in [3.8, 4) is 0 Å². The highest BCUT2D eigenvalue weighted by Gasteiger charge is 2.06. The zero-order valence-electron chi connectivity index (χ0n) is 12.8. The third-order valence-electron chi connectivity index (χ3n) is 3.45. The molecule has 0 atom stereocenters. The van der Waals surface area contributed by atoms with E-state index in [0.29, 0.717) is 0 Å². The first-order chi connectivity index (χ1) is 9.60. The maximum Gasteiger partial charge on any atom is 0.132 e. The van der Waals surface area contributed by atoms with Crippen molar-refractivity contribution >= 4 is 5.82 Å². The van der Waals surface area contributed by atoms with Crippen LogP contribution in [0.25, 0.3) is 0 Å². The van der Waals surface area contributed by atoms with Crippen LogP contribution in [0.2, 0.25) is 0 Å². The third-order valence-corrected chi connectivity index (χ3v) is 3.45. The summed E-state index contributed by atoms with van der Waals surface area (Å²) in [7, 11) is 2.09. The molecule has 2 rings (SSSR count). The highest BCUT2D eigenvalue weighted by Crippen LogP contribution is 2.12. The molecule has 0 spiro atoms. The Hall–Kier alpha value is -1.91. The molecular weight excluding hydrogens is 250 g/mol. The number of anilines is 1. The molecule has 2 heterocycles. The second-order valence-electron chi connectivity index (χ2n) is 5.06. The number of rotatable bonds is 6. The van der Waals surface area contributed by atoms with Gasteiger partial charge in [0.05, 0.1) is 0 Å². The van der Waals surface area contributed by atoms with Crippen LogP contribution in [0.15, 0.2) is 18.5 Å². The van der Waals surface area contributed by atoms with E-state index < -0.39 is 0 Å². The molecule has 0 aromatic carbocycles. The normalized spacial score (nSPS) is 10.8. The molecule has 0 saturated heterocycles. The molecule has 108 valence electrons. The molecule has 2 aromatic heterocycles. The van der Waals surface area contributed by atoms with E-state index in [2.05, 4.69) is 44.5 Å². The molecule has 0 N–H and O–H groups in total. The van der Waals surface area contributed by atoms with E-state index in [9.17, 15) is 0 Å². The van der Waals surface area contributed by atoms with Gasteiger partial charge in [0.15, 0.2) is 0 Å². The Balaban J connectivity index is 1.93. The molecule has 0 amide bonds. The monoisotopic (exact) mass is 273 g/mol. The summed E-state index contributed by atoms with van der Waals surface area (Å²) >= 11 is 0. The van der Waals surface area contributed by atoms with Crippen LogP contribution in [0.5, 0.6) is 0 Å². The lowest BCUT2D eigenvalue weighted by Gasteiger charge is -2.19. The maximum atomic E-state index is 4.51. The summed E-state index contributed by atoms with van der Waals surface area (Å²) in [6.45, 7) is 8.06. The lowest BCUT2D eigenvalue weighted by molar-refractivity contribution is 0.620. The van der Waals surface area contributed by atoms with E-state index in [1.807, 2.05) is 26.2 Å². The summed E-state index contributed by atoms with van der Waals surface area (Å²) in [5, 5.41) is 0. The fourth-order valence-electron chi connectivity index (χ4n) is 2.22. The van der Waals surface area contributed by atoms with Crippen LogP contribution in [-0.2, 0) is 13.0 Å². The van der Waals surface area contributed by atoms with Crippen molar-refractivity contribution in [2.24, 2.45) is 0 Å². The van der Waals surface area contributed by atoms with Gasteiger partial charge in [0.25, 0.3) is 0 Å². The Morgan fingerprint density at radius 2 is 2.05 bits per heavy atom. The van der Waals surface area contributed by atoms with Gasteiger partial charge >= 0.3 is 0 Å². The Morgan fingerprint density at radius 1 is 1.25 bits per heavy atom. The van der Waals surface area contributed by atoms with Gasteiger partial charge in [-0.1, -0.05) is 6.92 Å². The minimum atomic E-state index is 0.844. The maximum absolute atomic E-state index is 4.51. The van der Waals surface area contributed by atoms with Crippen molar-refractivity contribution in [2.75, 3.05) is 18.5 Å². The molecule has 0 aliphatic carbocycles. The van der Waals surface area contributed by atoms with Gasteiger partial charge in [-0.15, -0.1) is 0 Å². The van der Waals surface area contributed by atoms with Gasteiger partial charge in [0.1, 0.15) is 17.5 Å². The number of aromatic nitrogens is 4. The largest absolute Gasteiger partial charge is 0.359 e. The van der Waals surface area contributed by atoms with Crippen molar-refractivity contribution < 1.29 is 0 Å². The molecule has 0 bridgehead atoms. The molecular formula is C15H23N5. The molecule has 0 aliphatic rings. The Morgan fingerprint density at radius 3 is 2.70 bits per heavy atom. The van der Waals surface area contributed by atoms with Crippen LogP contribution >= 0.6 is 0 Å². The number of nitrogens with zero attached hydrogens (tertiary/aromatic N) is 5. The van der Waals surface area contributed by atoms with Crippen LogP contribution in [0, 0.1) is 13.8 Å². The summed E-state index contributed by atoms with van der Waals surface area (Å²) in [6, 6.07) is 2.08. The highest BCUT2D eigenvalue weighted by atomic mass is 15.2. The van der Waals surface area contributed by atoms with Crippen molar-refractivity contribution in [1.29, 1.82) is 0 Å². The van der Waals surface area contributed by atoms with Crippen LogP contribution in [-0.4, -0.2) is 33.1 Å². The first kappa shape index (κ1) is 14.5. The second-order valence-corrected chi connectivity index (χ2v) is 5.06. The molecule has 20 heavy (non-hydrogen) atoms. The van der Waals surface area contributed by atoms with Gasteiger partial charge in [-0.3, -0.25) is 0 Å². The minimum absolute atomic E-state index is 0.844. The molecule has 5 nitrogen and oxygen atoms in total. The minimum Gasteiger partial charge on any atom is -0.359 e. The fourth-order valence-corrected chi connectivity index (χ4v) is 2.22. The molecule has 0 unspecified atom stereocenters. The van der Waals surface area contributed by atoms with Gasteiger partial charge in [0, 0.05) is 44.3 Å². The summed E-state index contributed by atoms with van der Waals surface area (Å²) in [4.78, 5) is 15.4. The first-order valence-corrected chi connectivity index (χ1v) is 7.13. The SMILES string of the molecule is CCc1cc(N(C)CCCn2ccnc2C)nc(C)n1. The zero-order chi connectivity index (χ0) is 14.5. The first-order valence-electron chi connectivity index (χ1n) is 7.13. The third kappa shape index (κ3) is 3.56. The average Bonchev–Trinajstić information content (AvgIpc) is 2.83. The molecule has 0 aliphatic heterocycles. The van der Waals surface area contributed by atoms with Crippen LogP contribution in [0.1, 0.15) is 30.7 Å². The fraction of sp³-hybridized carbons (Fsp3) is 0.533. The van der Waals surface area contributed by atoms with Crippen molar-refractivity contribution in [3.63, 3.8) is 0 Å². The molecule has 5 heteroatoms. The lowest BCUT2D eigenvalue weighted by Crippen LogP contribution is -2.22. The molecule has 2 aromatic rings. The smallest absolute Gasteiger partial charge is 0.132 e. The number of hydrogen-bond acceptors (Lipinski definition) is 4. The number of aryl methyl sites for hydroxylation is 4. The van der Waals surface area contributed by atoms with Gasteiger partial charge < -0.3 is 9.47 Å². The number of imidazole rings is 1. The van der Waals surface area contributed by atoms with Gasteiger partial charge in [-0.2, -0.15) is 0 Å². The van der Waals surface area contributed by atoms with Crippen molar-refractivity contribution in [3.05, 3.63) is 35.8 Å². The zero-order valence-corrected chi connectivity index (χ0v) is 12.8. The van der Waals surface area contributed by atoms with E-state index in [4.69, 9.17) is 0 Å². The van der Waals surface area contributed by atoms with Crippen molar-refractivity contribution in [2.45, 2.75) is 40.2 Å². The Bertz CT molecular complexity index is 561. The Labute approximate surface area is 120 Å². The summed E-state index contributed by atoms with van der Waals surface area (Å²) in [6.07, 6.45) is 5.89. The quantitative estimate of drug-likeness (QED) is 0.810. The average molecular weight is 273 g/mol. The van der Waals surface area contributed by atoms with E-state index in [1.54, 1.807) is 0 Å². The van der Waals surface area contributed by atoms with E-state index in [0.717, 1.165) is 49.1 Å². The van der Waals surface area contributed by atoms with Gasteiger partial charge in [-0.25, -0.2) is 15.0 Å². The predicted octanol–water partition coefficient (Wildman–Crippen LogP) is 2.38.